The fourth-order valence-corrected chi connectivity index (χ4v) is 4.11. The van der Waals surface area contributed by atoms with E-state index in [0.717, 1.165) is 24.8 Å². The number of halogens is 1. The summed E-state index contributed by atoms with van der Waals surface area (Å²) < 4.78 is 24.3. The Labute approximate surface area is 141 Å². The van der Waals surface area contributed by atoms with Gasteiger partial charge in [0.1, 0.15) is 5.75 Å². The highest BCUT2D eigenvalue weighted by Gasteiger charge is 2.52. The van der Waals surface area contributed by atoms with Gasteiger partial charge in [-0.25, -0.2) is 4.39 Å². The van der Waals surface area contributed by atoms with Gasteiger partial charge in [0.2, 0.25) is 0 Å². The van der Waals surface area contributed by atoms with E-state index in [-0.39, 0.29) is 11.3 Å². The molecule has 2 N–H and O–H groups in total. The Bertz CT molecular complexity index is 622. The number of benzene rings is 1. The quantitative estimate of drug-likeness (QED) is 0.835. The number of carboxylic acids is 1. The Morgan fingerprint density at radius 1 is 1.12 bits per heavy atom. The molecular weight excluding hydrogens is 313 g/mol. The van der Waals surface area contributed by atoms with Gasteiger partial charge in [-0.1, -0.05) is 0 Å². The summed E-state index contributed by atoms with van der Waals surface area (Å²) in [4.78, 5) is 11.5. The molecular formula is C18H24FNO4. The molecule has 0 aromatic heterocycles. The van der Waals surface area contributed by atoms with Crippen LogP contribution in [0.25, 0.3) is 0 Å². The third-order valence-electron chi connectivity index (χ3n) is 5.91. The van der Waals surface area contributed by atoms with Gasteiger partial charge in [-0.3, -0.25) is 4.79 Å². The summed E-state index contributed by atoms with van der Waals surface area (Å²) in [5.41, 5.74) is 0.178. The first-order chi connectivity index (χ1) is 11.4. The Kier molecular flexibility index (Phi) is 4.42. The van der Waals surface area contributed by atoms with E-state index in [4.69, 9.17) is 9.47 Å². The smallest absolute Gasteiger partial charge is 0.309 e. The number of fused-ring (bicyclic) bond motifs is 3. The first-order valence-corrected chi connectivity index (χ1v) is 8.32. The molecule has 132 valence electrons. The minimum atomic E-state index is -0.658. The van der Waals surface area contributed by atoms with Crippen molar-refractivity contribution in [1.82, 2.24) is 5.32 Å². The van der Waals surface area contributed by atoms with Gasteiger partial charge in [-0.2, -0.15) is 0 Å². The molecule has 3 aliphatic carbocycles. The molecule has 24 heavy (non-hydrogen) atoms. The first kappa shape index (κ1) is 17.0. The molecule has 0 amide bonds. The van der Waals surface area contributed by atoms with Gasteiger partial charge in [0.05, 0.1) is 19.6 Å². The van der Waals surface area contributed by atoms with Crippen LogP contribution >= 0.6 is 0 Å². The lowest BCUT2D eigenvalue weighted by Gasteiger charge is -2.51. The third kappa shape index (κ3) is 2.83. The Morgan fingerprint density at radius 2 is 1.71 bits per heavy atom. The van der Waals surface area contributed by atoms with Gasteiger partial charge in [-0.05, 0) is 44.6 Å². The second-order valence-corrected chi connectivity index (χ2v) is 7.02. The van der Waals surface area contributed by atoms with E-state index in [1.165, 1.54) is 13.2 Å². The predicted octanol–water partition coefficient (Wildman–Crippen LogP) is 3.11. The van der Waals surface area contributed by atoms with Crippen molar-refractivity contribution in [3.8, 4) is 11.5 Å². The molecule has 0 atom stereocenters. The van der Waals surface area contributed by atoms with Crippen molar-refractivity contribution in [2.75, 3.05) is 14.2 Å². The van der Waals surface area contributed by atoms with Crippen LogP contribution in [0.1, 0.15) is 44.1 Å². The van der Waals surface area contributed by atoms with Crippen LogP contribution in [-0.4, -0.2) is 30.8 Å². The Morgan fingerprint density at radius 3 is 2.21 bits per heavy atom. The van der Waals surface area contributed by atoms with Crippen molar-refractivity contribution in [1.29, 1.82) is 0 Å². The maximum absolute atomic E-state index is 14.0. The van der Waals surface area contributed by atoms with Crippen molar-refractivity contribution < 1.29 is 23.8 Å². The lowest BCUT2D eigenvalue weighted by molar-refractivity contribution is -0.156. The number of carbonyl (C=O) groups is 1. The van der Waals surface area contributed by atoms with Crippen molar-refractivity contribution in [3.05, 3.63) is 23.5 Å². The highest BCUT2D eigenvalue weighted by molar-refractivity contribution is 5.75. The number of ether oxygens (including phenoxy) is 2. The van der Waals surface area contributed by atoms with Gasteiger partial charge in [0, 0.05) is 23.7 Å². The van der Waals surface area contributed by atoms with Crippen molar-refractivity contribution in [3.63, 3.8) is 0 Å². The Balaban J connectivity index is 1.71. The van der Waals surface area contributed by atoms with E-state index in [0.29, 0.717) is 31.6 Å². The highest BCUT2D eigenvalue weighted by Crippen LogP contribution is 2.52. The summed E-state index contributed by atoms with van der Waals surface area (Å²) in [7, 11) is 2.98. The minimum Gasteiger partial charge on any atom is -0.496 e. The normalized spacial score (nSPS) is 28.6. The summed E-state index contributed by atoms with van der Waals surface area (Å²) >= 11 is 0. The van der Waals surface area contributed by atoms with Gasteiger partial charge in [-0.15, -0.1) is 0 Å². The van der Waals surface area contributed by atoms with Gasteiger partial charge in [0.15, 0.2) is 11.6 Å². The summed E-state index contributed by atoms with van der Waals surface area (Å²) in [5, 5.41) is 13.0. The molecule has 3 saturated carbocycles. The fourth-order valence-electron chi connectivity index (χ4n) is 4.11. The summed E-state index contributed by atoms with van der Waals surface area (Å²) in [6.07, 6.45) is 4.68. The minimum absolute atomic E-state index is 0.0430. The number of carboxylic acid groups (broad SMARTS) is 1. The number of rotatable bonds is 6. The van der Waals surface area contributed by atoms with Crippen LogP contribution in [0.15, 0.2) is 12.1 Å². The third-order valence-corrected chi connectivity index (χ3v) is 5.91. The average molecular weight is 337 g/mol. The molecule has 4 rings (SSSR count). The summed E-state index contributed by atoms with van der Waals surface area (Å²) in [5.74, 6) is -0.321. The predicted molar refractivity (Wildman–Crippen MR) is 86.8 cm³/mol. The molecule has 0 spiro atoms. The second kappa shape index (κ2) is 6.24. The van der Waals surface area contributed by atoms with Gasteiger partial charge < -0.3 is 19.9 Å². The van der Waals surface area contributed by atoms with E-state index in [2.05, 4.69) is 5.32 Å². The molecule has 5 nitrogen and oxygen atoms in total. The zero-order valence-corrected chi connectivity index (χ0v) is 14.2. The lowest BCUT2D eigenvalue weighted by atomic mass is 9.57. The standard InChI is InChI=1S/C18H24FNO4/c1-23-14-10-15(24-2)13(19)9-12(14)11-20-18-6-3-17(4-7-18,5-8-18)16(21)22/h9-10,20H,3-8,11H2,1-2H3,(H,21,22). The summed E-state index contributed by atoms with van der Waals surface area (Å²) in [6.45, 7) is 0.490. The van der Waals surface area contributed by atoms with Crippen LogP contribution in [0.5, 0.6) is 11.5 Å². The maximum Gasteiger partial charge on any atom is 0.309 e. The number of hydrogen-bond donors (Lipinski definition) is 2. The van der Waals surface area contributed by atoms with Crippen LogP contribution < -0.4 is 14.8 Å². The first-order valence-electron chi connectivity index (χ1n) is 8.32. The van der Waals surface area contributed by atoms with Crippen molar-refractivity contribution >= 4 is 5.97 Å². The second-order valence-electron chi connectivity index (χ2n) is 7.02. The molecule has 0 saturated heterocycles. The number of aliphatic carboxylic acids is 1. The fraction of sp³-hybridized carbons (Fsp3) is 0.611. The lowest BCUT2D eigenvalue weighted by Crippen LogP contribution is -2.56. The van der Waals surface area contributed by atoms with Gasteiger partial charge in [0.25, 0.3) is 0 Å². The zero-order valence-electron chi connectivity index (χ0n) is 14.2. The largest absolute Gasteiger partial charge is 0.496 e. The number of methoxy groups -OCH3 is 2. The highest BCUT2D eigenvalue weighted by atomic mass is 19.1. The molecule has 0 radical (unpaired) electrons. The molecule has 0 heterocycles. The molecule has 3 aliphatic rings. The SMILES string of the molecule is COc1cc(OC)c(CNC23CCC(C(=O)O)(CC2)CC3)cc1F. The maximum atomic E-state index is 14.0. The Hall–Kier alpha value is -1.82. The molecule has 1 aromatic carbocycles. The van der Waals surface area contributed by atoms with Crippen LogP contribution in [0, 0.1) is 11.2 Å². The molecule has 6 heteroatoms. The van der Waals surface area contributed by atoms with Crippen LogP contribution in [0.3, 0.4) is 0 Å². The summed E-state index contributed by atoms with van der Waals surface area (Å²) in [6, 6.07) is 3.00. The average Bonchev–Trinajstić information content (AvgIpc) is 2.61. The van der Waals surface area contributed by atoms with Crippen LogP contribution in [0.4, 0.5) is 4.39 Å². The van der Waals surface area contributed by atoms with Crippen molar-refractivity contribution in [2.45, 2.75) is 50.6 Å². The van der Waals surface area contributed by atoms with Gasteiger partial charge >= 0.3 is 5.97 Å². The van der Waals surface area contributed by atoms with Crippen LogP contribution in [0.2, 0.25) is 0 Å². The number of nitrogens with one attached hydrogen (secondary N) is 1. The van der Waals surface area contributed by atoms with E-state index in [1.807, 2.05) is 0 Å². The molecule has 3 fully saturated rings. The van der Waals surface area contributed by atoms with E-state index in [9.17, 15) is 14.3 Å². The molecule has 0 aliphatic heterocycles. The molecule has 2 bridgehead atoms. The van der Waals surface area contributed by atoms with E-state index >= 15 is 0 Å². The number of hydrogen-bond acceptors (Lipinski definition) is 4. The van der Waals surface area contributed by atoms with E-state index in [1.54, 1.807) is 13.2 Å². The molecule has 0 unspecified atom stereocenters. The molecule has 1 aromatic rings. The monoisotopic (exact) mass is 337 g/mol. The van der Waals surface area contributed by atoms with Crippen LogP contribution in [-0.2, 0) is 11.3 Å². The van der Waals surface area contributed by atoms with Crippen molar-refractivity contribution in [2.24, 2.45) is 5.41 Å². The zero-order chi connectivity index (χ0) is 17.4. The van der Waals surface area contributed by atoms with E-state index < -0.39 is 17.2 Å². The topological polar surface area (TPSA) is 67.8 Å².